The van der Waals surface area contributed by atoms with E-state index >= 15 is 0 Å². The van der Waals surface area contributed by atoms with E-state index in [0.717, 1.165) is 13.2 Å². The Kier molecular flexibility index (Phi) is 3.38. The Balaban J connectivity index is 4.36. The number of rotatable bonds is 1. The van der Waals surface area contributed by atoms with Crippen LogP contribution in [0.4, 0.5) is 13.2 Å². The molecule has 6 heteroatoms. The first-order valence-electron chi connectivity index (χ1n) is 2.54. The van der Waals surface area contributed by atoms with Gasteiger partial charge in [0.05, 0.1) is 0 Å². The average Bonchev–Trinajstić information content (AvgIpc) is 1.85. The lowest BCUT2D eigenvalue weighted by Gasteiger charge is -2.18. The lowest BCUT2D eigenvalue weighted by molar-refractivity contribution is -0.208. The van der Waals surface area contributed by atoms with Gasteiger partial charge in [0.1, 0.15) is 0 Å². The van der Waals surface area contributed by atoms with Gasteiger partial charge in [-0.3, -0.25) is 4.90 Å². The summed E-state index contributed by atoms with van der Waals surface area (Å²) in [5.41, 5.74) is 0. The first-order valence-corrected chi connectivity index (χ1v) is 2.92. The number of amidine groups is 1. The van der Waals surface area contributed by atoms with Gasteiger partial charge in [0.2, 0.25) is 5.29 Å². The SMILES string of the molecule is C=CN=C(Cl)N(C)C(F)(F)F. The highest BCUT2D eigenvalue weighted by Crippen LogP contribution is 2.20. The van der Waals surface area contributed by atoms with Crippen LogP contribution in [0.1, 0.15) is 0 Å². The minimum Gasteiger partial charge on any atom is -0.261 e. The normalized spacial score (nSPS) is 13.0. The molecule has 11 heavy (non-hydrogen) atoms. The molecule has 0 radical (unpaired) electrons. The molecule has 0 fully saturated rings. The van der Waals surface area contributed by atoms with Crippen LogP contribution in [0, 0.1) is 0 Å². The quantitative estimate of drug-likeness (QED) is 0.348. The number of nitrogens with zero attached hydrogens (tertiary/aromatic N) is 2. The standard InChI is InChI=1S/C5H6ClF3N2/c1-3-10-4(6)11(2)5(7,8)9/h3H,1H2,2H3. The maximum atomic E-state index is 11.7. The third-order valence-corrected chi connectivity index (χ3v) is 1.21. The highest BCUT2D eigenvalue weighted by molar-refractivity contribution is 6.64. The van der Waals surface area contributed by atoms with Crippen LogP contribution in [-0.4, -0.2) is 23.5 Å². The lowest BCUT2D eigenvalue weighted by Crippen LogP contribution is -2.36. The zero-order chi connectivity index (χ0) is 9.07. The third-order valence-electron chi connectivity index (χ3n) is 0.855. The fourth-order valence-corrected chi connectivity index (χ4v) is 0.431. The van der Waals surface area contributed by atoms with Crippen LogP contribution in [0.2, 0.25) is 0 Å². The van der Waals surface area contributed by atoms with Crippen molar-refractivity contribution < 1.29 is 13.2 Å². The van der Waals surface area contributed by atoms with Crippen LogP contribution in [-0.2, 0) is 0 Å². The van der Waals surface area contributed by atoms with Gasteiger partial charge < -0.3 is 0 Å². The second-order valence-corrected chi connectivity index (χ2v) is 1.95. The molecular formula is C5H6ClF3N2. The number of alkyl halides is 3. The van der Waals surface area contributed by atoms with E-state index in [2.05, 4.69) is 11.6 Å². The molecule has 0 saturated carbocycles. The predicted octanol–water partition coefficient (Wildman–Crippen LogP) is 2.18. The zero-order valence-electron chi connectivity index (χ0n) is 5.69. The third kappa shape index (κ3) is 3.27. The Morgan fingerprint density at radius 1 is 1.64 bits per heavy atom. The van der Waals surface area contributed by atoms with Gasteiger partial charge in [0, 0.05) is 13.2 Å². The number of hydrogen-bond acceptors (Lipinski definition) is 1. The molecule has 0 aliphatic carbocycles. The van der Waals surface area contributed by atoms with Crippen LogP contribution < -0.4 is 0 Å². The lowest BCUT2D eigenvalue weighted by atomic mass is 10.8. The van der Waals surface area contributed by atoms with Crippen molar-refractivity contribution >= 4 is 16.9 Å². The zero-order valence-corrected chi connectivity index (χ0v) is 6.45. The predicted molar refractivity (Wildman–Crippen MR) is 37.3 cm³/mol. The van der Waals surface area contributed by atoms with Gasteiger partial charge in [-0.25, -0.2) is 4.99 Å². The summed E-state index contributed by atoms with van der Waals surface area (Å²) in [6.07, 6.45) is -3.56. The van der Waals surface area contributed by atoms with Crippen molar-refractivity contribution in [2.45, 2.75) is 6.30 Å². The van der Waals surface area contributed by atoms with Gasteiger partial charge in [-0.05, 0) is 11.6 Å². The average molecular weight is 187 g/mol. The molecule has 64 valence electrons. The van der Waals surface area contributed by atoms with E-state index in [4.69, 9.17) is 11.6 Å². The molecule has 0 aromatic rings. The summed E-state index contributed by atoms with van der Waals surface area (Å²) in [7, 11) is 0.773. The van der Waals surface area contributed by atoms with Gasteiger partial charge in [-0.2, -0.15) is 13.2 Å². The molecule has 0 N–H and O–H groups in total. The molecular weight excluding hydrogens is 181 g/mol. The van der Waals surface area contributed by atoms with E-state index in [1.807, 2.05) is 0 Å². The molecule has 2 nitrogen and oxygen atoms in total. The van der Waals surface area contributed by atoms with Crippen LogP contribution >= 0.6 is 11.6 Å². The first-order chi connectivity index (χ1) is 4.89. The second kappa shape index (κ2) is 3.61. The molecule has 0 heterocycles. The van der Waals surface area contributed by atoms with Crippen molar-refractivity contribution in [2.24, 2.45) is 4.99 Å². The van der Waals surface area contributed by atoms with Gasteiger partial charge in [0.15, 0.2) is 0 Å². The topological polar surface area (TPSA) is 15.6 Å². The Morgan fingerprint density at radius 3 is 2.36 bits per heavy atom. The van der Waals surface area contributed by atoms with Crippen molar-refractivity contribution in [1.82, 2.24) is 4.90 Å². The Bertz CT molecular complexity index is 175. The molecule has 0 unspecified atom stereocenters. The minimum atomic E-state index is -4.50. The summed E-state index contributed by atoms with van der Waals surface area (Å²) in [6, 6.07) is 0. The summed E-state index contributed by atoms with van der Waals surface area (Å²) < 4.78 is 35.2. The maximum Gasteiger partial charge on any atom is 0.486 e. The molecule has 0 atom stereocenters. The summed E-state index contributed by atoms with van der Waals surface area (Å²) in [5, 5.41) is -0.660. The van der Waals surface area contributed by atoms with Crippen molar-refractivity contribution in [3.05, 3.63) is 12.8 Å². The van der Waals surface area contributed by atoms with Gasteiger partial charge in [0.25, 0.3) is 0 Å². The van der Waals surface area contributed by atoms with Crippen LogP contribution in [0.15, 0.2) is 17.8 Å². The van der Waals surface area contributed by atoms with Gasteiger partial charge in [-0.1, -0.05) is 6.58 Å². The van der Waals surface area contributed by atoms with E-state index < -0.39 is 11.6 Å². The van der Waals surface area contributed by atoms with E-state index in [-0.39, 0.29) is 4.90 Å². The fourth-order valence-electron chi connectivity index (χ4n) is 0.267. The van der Waals surface area contributed by atoms with Crippen LogP contribution in [0.3, 0.4) is 0 Å². The molecule has 0 bridgehead atoms. The molecule has 0 aliphatic heterocycles. The van der Waals surface area contributed by atoms with Crippen molar-refractivity contribution in [3.63, 3.8) is 0 Å². The van der Waals surface area contributed by atoms with E-state index in [1.165, 1.54) is 0 Å². The molecule has 0 aromatic heterocycles. The maximum absolute atomic E-state index is 11.7. The van der Waals surface area contributed by atoms with Crippen molar-refractivity contribution in [2.75, 3.05) is 7.05 Å². The van der Waals surface area contributed by atoms with Crippen molar-refractivity contribution in [3.8, 4) is 0 Å². The summed E-state index contributed by atoms with van der Waals surface area (Å²) in [4.78, 5) is 3.03. The Labute approximate surface area is 67.0 Å². The monoisotopic (exact) mass is 186 g/mol. The molecule has 0 rings (SSSR count). The second-order valence-electron chi connectivity index (χ2n) is 1.61. The Hall–Kier alpha value is -0.710. The number of hydrogen-bond donors (Lipinski definition) is 0. The summed E-state index contributed by atoms with van der Waals surface area (Å²) >= 11 is 5.10. The largest absolute Gasteiger partial charge is 0.486 e. The van der Waals surface area contributed by atoms with E-state index in [9.17, 15) is 13.2 Å². The molecule has 0 aromatic carbocycles. The molecule has 0 saturated heterocycles. The first kappa shape index (κ1) is 10.3. The summed E-state index contributed by atoms with van der Waals surface area (Å²) in [6.45, 7) is 3.10. The van der Waals surface area contributed by atoms with E-state index in [1.54, 1.807) is 0 Å². The van der Waals surface area contributed by atoms with Crippen LogP contribution in [0.25, 0.3) is 0 Å². The minimum absolute atomic E-state index is 0.115. The highest BCUT2D eigenvalue weighted by Gasteiger charge is 2.35. The number of aliphatic imine (C=N–C) groups is 1. The highest BCUT2D eigenvalue weighted by atomic mass is 35.5. The van der Waals surface area contributed by atoms with Crippen molar-refractivity contribution in [1.29, 1.82) is 0 Å². The Morgan fingerprint density at radius 2 is 2.09 bits per heavy atom. The fraction of sp³-hybridized carbons (Fsp3) is 0.400. The molecule has 0 amide bonds. The van der Waals surface area contributed by atoms with Gasteiger partial charge in [-0.15, -0.1) is 0 Å². The summed E-state index contributed by atoms with van der Waals surface area (Å²) in [5.74, 6) is 0. The molecule has 0 aliphatic rings. The van der Waals surface area contributed by atoms with E-state index in [0.29, 0.717) is 0 Å². The van der Waals surface area contributed by atoms with Gasteiger partial charge >= 0.3 is 6.30 Å². The smallest absolute Gasteiger partial charge is 0.261 e. The van der Waals surface area contributed by atoms with Crippen LogP contribution in [0.5, 0.6) is 0 Å². The molecule has 0 spiro atoms. The number of halogens is 4.